The Morgan fingerprint density at radius 3 is 2.94 bits per heavy atom. The second kappa shape index (κ2) is 5.74. The molecule has 3 heteroatoms. The smallest absolute Gasteiger partial charge is 0.0471 e. The van der Waals surface area contributed by atoms with Gasteiger partial charge in [-0.05, 0) is 31.5 Å². The van der Waals surface area contributed by atoms with Gasteiger partial charge in [0.05, 0.1) is 0 Å². The van der Waals surface area contributed by atoms with Crippen LogP contribution in [0.1, 0.15) is 25.3 Å². The molecule has 0 aliphatic carbocycles. The zero-order chi connectivity index (χ0) is 12.3. The molecular formula is C14H21ClN2. The minimum absolute atomic E-state index is 0.836. The van der Waals surface area contributed by atoms with E-state index < -0.39 is 0 Å². The van der Waals surface area contributed by atoms with Crippen molar-refractivity contribution < 1.29 is 0 Å². The van der Waals surface area contributed by atoms with Crippen molar-refractivity contribution in [1.29, 1.82) is 0 Å². The second-order valence-corrected chi connectivity index (χ2v) is 5.18. The highest BCUT2D eigenvalue weighted by atomic mass is 35.5. The largest absolute Gasteiger partial charge is 0.371 e. The number of benzene rings is 1. The summed E-state index contributed by atoms with van der Waals surface area (Å²) >= 11 is 6.29. The van der Waals surface area contributed by atoms with Crippen LogP contribution in [0.4, 0.5) is 5.69 Å². The molecule has 94 valence electrons. The van der Waals surface area contributed by atoms with Crippen molar-refractivity contribution in [2.45, 2.75) is 26.3 Å². The maximum atomic E-state index is 6.29. The molecule has 0 spiro atoms. The monoisotopic (exact) mass is 252 g/mol. The molecule has 1 aliphatic heterocycles. The van der Waals surface area contributed by atoms with Crippen LogP contribution in [0.3, 0.4) is 0 Å². The zero-order valence-electron chi connectivity index (χ0n) is 10.7. The van der Waals surface area contributed by atoms with Gasteiger partial charge in [-0.3, -0.25) is 0 Å². The zero-order valence-corrected chi connectivity index (χ0v) is 11.4. The Kier molecular flexibility index (Phi) is 4.30. The molecule has 0 saturated carbocycles. The van der Waals surface area contributed by atoms with Crippen LogP contribution in [-0.4, -0.2) is 20.1 Å². The average Bonchev–Trinajstić information content (AvgIpc) is 2.80. The summed E-state index contributed by atoms with van der Waals surface area (Å²) < 4.78 is 0. The molecule has 1 heterocycles. The maximum Gasteiger partial charge on any atom is 0.0471 e. The topological polar surface area (TPSA) is 15.3 Å². The van der Waals surface area contributed by atoms with Crippen LogP contribution in [0.25, 0.3) is 0 Å². The first-order valence-electron chi connectivity index (χ1n) is 6.43. The standard InChI is InChI=1S/C14H21ClN2/c1-3-11-7-8-17(10-11)14-6-4-5-13(15)12(14)9-16-2/h4-6,11,16H,3,7-10H2,1-2H3. The molecule has 1 N–H and O–H groups in total. The van der Waals surface area contributed by atoms with Gasteiger partial charge in [-0.1, -0.05) is 31.0 Å². The quantitative estimate of drug-likeness (QED) is 0.885. The summed E-state index contributed by atoms with van der Waals surface area (Å²) in [4.78, 5) is 2.48. The highest BCUT2D eigenvalue weighted by Gasteiger charge is 2.23. The summed E-state index contributed by atoms with van der Waals surface area (Å²) in [5.41, 5.74) is 2.54. The molecule has 0 radical (unpaired) electrons. The molecule has 0 amide bonds. The van der Waals surface area contributed by atoms with Crippen LogP contribution in [0.5, 0.6) is 0 Å². The predicted octanol–water partition coefficient (Wildman–Crippen LogP) is 3.30. The molecule has 1 fully saturated rings. The van der Waals surface area contributed by atoms with E-state index in [1.165, 1.54) is 30.6 Å². The Balaban J connectivity index is 2.23. The lowest BCUT2D eigenvalue weighted by molar-refractivity contribution is 0.569. The van der Waals surface area contributed by atoms with Gasteiger partial charge in [0.2, 0.25) is 0 Å². The summed E-state index contributed by atoms with van der Waals surface area (Å²) in [6, 6.07) is 6.22. The minimum atomic E-state index is 0.836. The number of nitrogens with zero attached hydrogens (tertiary/aromatic N) is 1. The highest BCUT2D eigenvalue weighted by molar-refractivity contribution is 6.31. The summed E-state index contributed by atoms with van der Waals surface area (Å²) in [5, 5.41) is 4.07. The molecule has 1 unspecified atom stereocenters. The second-order valence-electron chi connectivity index (χ2n) is 4.78. The van der Waals surface area contributed by atoms with Crippen molar-refractivity contribution in [1.82, 2.24) is 5.32 Å². The van der Waals surface area contributed by atoms with Gasteiger partial charge >= 0.3 is 0 Å². The third kappa shape index (κ3) is 2.75. The van der Waals surface area contributed by atoms with Gasteiger partial charge in [0.15, 0.2) is 0 Å². The first-order chi connectivity index (χ1) is 8.26. The molecule has 0 aromatic heterocycles. The number of halogens is 1. The Morgan fingerprint density at radius 1 is 1.47 bits per heavy atom. The molecule has 1 atom stereocenters. The summed E-state index contributed by atoms with van der Waals surface area (Å²) in [5.74, 6) is 0.844. The van der Waals surface area contributed by atoms with Crippen LogP contribution in [-0.2, 0) is 6.54 Å². The van der Waals surface area contributed by atoms with Crippen molar-refractivity contribution in [3.8, 4) is 0 Å². The Bertz CT molecular complexity index is 378. The molecule has 1 aliphatic rings. The fourth-order valence-corrected chi connectivity index (χ4v) is 2.82. The van der Waals surface area contributed by atoms with E-state index in [2.05, 4.69) is 29.3 Å². The van der Waals surface area contributed by atoms with Crippen molar-refractivity contribution >= 4 is 17.3 Å². The first kappa shape index (κ1) is 12.7. The fourth-order valence-electron chi connectivity index (χ4n) is 2.58. The normalized spacial score (nSPS) is 19.9. The lowest BCUT2D eigenvalue weighted by Gasteiger charge is -2.23. The van der Waals surface area contributed by atoms with Gasteiger partial charge in [0.1, 0.15) is 0 Å². The van der Waals surface area contributed by atoms with E-state index in [-0.39, 0.29) is 0 Å². The van der Waals surface area contributed by atoms with Crippen LogP contribution >= 0.6 is 11.6 Å². The van der Waals surface area contributed by atoms with Crippen molar-refractivity contribution in [3.05, 3.63) is 28.8 Å². The molecular weight excluding hydrogens is 232 g/mol. The third-order valence-electron chi connectivity index (χ3n) is 3.65. The van der Waals surface area contributed by atoms with Crippen LogP contribution < -0.4 is 10.2 Å². The third-order valence-corrected chi connectivity index (χ3v) is 4.01. The van der Waals surface area contributed by atoms with Gasteiger partial charge in [-0.2, -0.15) is 0 Å². The molecule has 2 rings (SSSR count). The van der Waals surface area contributed by atoms with Gasteiger partial charge < -0.3 is 10.2 Å². The lowest BCUT2D eigenvalue weighted by atomic mass is 10.1. The first-order valence-corrected chi connectivity index (χ1v) is 6.81. The van der Waals surface area contributed by atoms with Gasteiger partial charge in [-0.25, -0.2) is 0 Å². The molecule has 2 nitrogen and oxygen atoms in total. The fraction of sp³-hybridized carbons (Fsp3) is 0.571. The SMILES string of the molecule is CCC1CCN(c2cccc(Cl)c2CNC)C1. The Morgan fingerprint density at radius 2 is 2.29 bits per heavy atom. The molecule has 17 heavy (non-hydrogen) atoms. The van der Waals surface area contributed by atoms with E-state index in [0.717, 1.165) is 24.0 Å². The number of rotatable bonds is 4. The van der Waals surface area contributed by atoms with Crippen molar-refractivity contribution in [2.24, 2.45) is 5.92 Å². The summed E-state index contributed by atoms with van der Waals surface area (Å²) in [6.45, 7) is 5.45. The predicted molar refractivity (Wildman–Crippen MR) is 74.8 cm³/mol. The summed E-state index contributed by atoms with van der Waals surface area (Å²) in [7, 11) is 1.96. The summed E-state index contributed by atoms with van der Waals surface area (Å²) in [6.07, 6.45) is 2.58. The number of nitrogens with one attached hydrogen (secondary N) is 1. The van der Waals surface area contributed by atoms with Crippen LogP contribution in [0.2, 0.25) is 5.02 Å². The van der Waals surface area contributed by atoms with Crippen molar-refractivity contribution in [3.63, 3.8) is 0 Å². The van der Waals surface area contributed by atoms with E-state index in [9.17, 15) is 0 Å². The van der Waals surface area contributed by atoms with Gasteiger partial charge in [0, 0.05) is 35.9 Å². The van der Waals surface area contributed by atoms with Crippen LogP contribution in [0.15, 0.2) is 18.2 Å². The molecule has 0 bridgehead atoms. The van der Waals surface area contributed by atoms with E-state index in [1.54, 1.807) is 0 Å². The Labute approximate surface area is 109 Å². The Hall–Kier alpha value is -0.730. The van der Waals surface area contributed by atoms with E-state index in [0.29, 0.717) is 0 Å². The van der Waals surface area contributed by atoms with Gasteiger partial charge in [0.25, 0.3) is 0 Å². The van der Waals surface area contributed by atoms with E-state index >= 15 is 0 Å². The molecule has 1 saturated heterocycles. The molecule has 1 aromatic carbocycles. The number of anilines is 1. The number of hydrogen-bond donors (Lipinski definition) is 1. The van der Waals surface area contributed by atoms with Crippen molar-refractivity contribution in [2.75, 3.05) is 25.0 Å². The van der Waals surface area contributed by atoms with E-state index in [1.807, 2.05) is 13.1 Å². The van der Waals surface area contributed by atoms with E-state index in [4.69, 9.17) is 11.6 Å². The van der Waals surface area contributed by atoms with Crippen LogP contribution in [0, 0.1) is 5.92 Å². The number of hydrogen-bond acceptors (Lipinski definition) is 2. The molecule has 1 aromatic rings. The highest BCUT2D eigenvalue weighted by Crippen LogP contribution is 2.32. The maximum absolute atomic E-state index is 6.29. The lowest BCUT2D eigenvalue weighted by Crippen LogP contribution is -2.22. The van der Waals surface area contributed by atoms with Gasteiger partial charge in [-0.15, -0.1) is 0 Å². The minimum Gasteiger partial charge on any atom is -0.371 e. The average molecular weight is 253 g/mol.